The third-order valence-electron chi connectivity index (χ3n) is 2.25. The van der Waals surface area contributed by atoms with Crippen LogP contribution in [0.4, 0.5) is 0 Å². The minimum Gasteiger partial charge on any atom is -0.383 e. The third-order valence-corrected chi connectivity index (χ3v) is 3.73. The molecule has 100 valence electrons. The van der Waals surface area contributed by atoms with Crippen molar-refractivity contribution in [3.05, 3.63) is 29.8 Å². The molecule has 0 saturated carbocycles. The summed E-state index contributed by atoms with van der Waals surface area (Å²) < 4.78 is 30.7. The third kappa shape index (κ3) is 3.80. The van der Waals surface area contributed by atoms with Gasteiger partial charge < -0.3 is 10.1 Å². The van der Waals surface area contributed by atoms with E-state index in [1.807, 2.05) is 0 Å². The van der Waals surface area contributed by atoms with Crippen LogP contribution in [0.15, 0.2) is 29.2 Å². The number of hydrogen-bond donors (Lipinski definition) is 2. The van der Waals surface area contributed by atoms with Gasteiger partial charge in [-0.15, -0.1) is 0 Å². The van der Waals surface area contributed by atoms with E-state index in [2.05, 4.69) is 10.0 Å². The fraction of sp³-hybridized carbons (Fsp3) is 0.364. The van der Waals surface area contributed by atoms with Crippen LogP contribution in [0.3, 0.4) is 0 Å². The lowest BCUT2D eigenvalue weighted by Crippen LogP contribution is -2.27. The van der Waals surface area contributed by atoms with Crippen molar-refractivity contribution in [2.45, 2.75) is 4.90 Å². The molecule has 1 aromatic carbocycles. The molecule has 0 aliphatic carbocycles. The zero-order valence-corrected chi connectivity index (χ0v) is 11.1. The zero-order valence-electron chi connectivity index (χ0n) is 10.3. The number of amides is 1. The Morgan fingerprint density at radius 2 is 1.89 bits per heavy atom. The topological polar surface area (TPSA) is 84.5 Å². The van der Waals surface area contributed by atoms with Crippen molar-refractivity contribution in [1.29, 1.82) is 0 Å². The minimum absolute atomic E-state index is 0.117. The Hall–Kier alpha value is -1.44. The van der Waals surface area contributed by atoms with E-state index in [1.165, 1.54) is 38.4 Å². The molecule has 1 rings (SSSR count). The number of hydrogen-bond acceptors (Lipinski definition) is 4. The van der Waals surface area contributed by atoms with Crippen molar-refractivity contribution in [3.63, 3.8) is 0 Å². The van der Waals surface area contributed by atoms with Crippen LogP contribution in [0.25, 0.3) is 0 Å². The van der Waals surface area contributed by atoms with Gasteiger partial charge in [0.1, 0.15) is 0 Å². The van der Waals surface area contributed by atoms with Gasteiger partial charge in [0, 0.05) is 26.3 Å². The maximum absolute atomic E-state index is 11.8. The SMILES string of the molecule is CNC(=O)c1ccc(S(=O)(=O)NCCOC)cc1. The van der Waals surface area contributed by atoms with Gasteiger partial charge in [-0.3, -0.25) is 4.79 Å². The molecule has 0 aliphatic rings. The van der Waals surface area contributed by atoms with Crippen LogP contribution >= 0.6 is 0 Å². The second-order valence-electron chi connectivity index (χ2n) is 3.49. The Morgan fingerprint density at radius 3 is 2.39 bits per heavy atom. The molecule has 0 aromatic heterocycles. The maximum Gasteiger partial charge on any atom is 0.251 e. The molecule has 0 saturated heterocycles. The quantitative estimate of drug-likeness (QED) is 0.712. The van der Waals surface area contributed by atoms with Crippen LogP contribution in [0.5, 0.6) is 0 Å². The number of carbonyl (C=O) groups is 1. The van der Waals surface area contributed by atoms with Crippen LogP contribution in [-0.2, 0) is 14.8 Å². The Morgan fingerprint density at radius 1 is 1.28 bits per heavy atom. The molecule has 0 unspecified atom stereocenters. The van der Waals surface area contributed by atoms with Gasteiger partial charge in [0.25, 0.3) is 5.91 Å². The lowest BCUT2D eigenvalue weighted by Gasteiger charge is -2.06. The summed E-state index contributed by atoms with van der Waals surface area (Å²) in [5, 5.41) is 2.46. The second kappa shape index (κ2) is 6.48. The molecule has 0 atom stereocenters. The van der Waals surface area contributed by atoms with Gasteiger partial charge in [-0.2, -0.15) is 0 Å². The summed E-state index contributed by atoms with van der Waals surface area (Å²) in [5.41, 5.74) is 0.411. The van der Waals surface area contributed by atoms with Crippen LogP contribution in [-0.4, -0.2) is 41.6 Å². The Bertz CT molecular complexity index is 496. The maximum atomic E-state index is 11.8. The van der Waals surface area contributed by atoms with E-state index >= 15 is 0 Å². The highest BCUT2D eigenvalue weighted by Crippen LogP contribution is 2.10. The molecule has 0 fully saturated rings. The number of rotatable bonds is 6. The second-order valence-corrected chi connectivity index (χ2v) is 5.26. The average Bonchev–Trinajstić information content (AvgIpc) is 2.38. The van der Waals surface area contributed by atoms with E-state index in [9.17, 15) is 13.2 Å². The molecule has 18 heavy (non-hydrogen) atoms. The van der Waals surface area contributed by atoms with Gasteiger partial charge in [0.05, 0.1) is 11.5 Å². The summed E-state index contributed by atoms with van der Waals surface area (Å²) in [4.78, 5) is 11.4. The fourth-order valence-corrected chi connectivity index (χ4v) is 2.30. The molecule has 7 heteroatoms. The first-order valence-electron chi connectivity index (χ1n) is 5.32. The van der Waals surface area contributed by atoms with Crippen molar-refractivity contribution in [1.82, 2.24) is 10.0 Å². The van der Waals surface area contributed by atoms with E-state index in [0.717, 1.165) is 0 Å². The normalized spacial score (nSPS) is 11.2. The minimum atomic E-state index is -3.54. The standard InChI is InChI=1S/C11H16N2O4S/c1-12-11(14)9-3-5-10(6-4-9)18(15,16)13-7-8-17-2/h3-6,13H,7-8H2,1-2H3,(H,12,14). The number of ether oxygens (including phenoxy) is 1. The highest BCUT2D eigenvalue weighted by Gasteiger charge is 2.13. The van der Waals surface area contributed by atoms with Crippen molar-refractivity contribution in [3.8, 4) is 0 Å². The molecule has 6 nitrogen and oxygen atoms in total. The molecule has 0 radical (unpaired) electrons. The predicted molar refractivity (Wildman–Crippen MR) is 66.9 cm³/mol. The van der Waals surface area contributed by atoms with Crippen LogP contribution in [0.2, 0.25) is 0 Å². The smallest absolute Gasteiger partial charge is 0.251 e. The van der Waals surface area contributed by atoms with E-state index < -0.39 is 10.0 Å². The summed E-state index contributed by atoms with van der Waals surface area (Å²) in [7, 11) is -0.538. The molecule has 0 heterocycles. The van der Waals surface area contributed by atoms with Gasteiger partial charge in [0.2, 0.25) is 10.0 Å². The Kier molecular flexibility index (Phi) is 5.26. The fourth-order valence-electron chi connectivity index (χ4n) is 1.29. The Balaban J connectivity index is 2.81. The first kappa shape index (κ1) is 14.6. The van der Waals surface area contributed by atoms with Gasteiger partial charge >= 0.3 is 0 Å². The first-order valence-corrected chi connectivity index (χ1v) is 6.80. The average molecular weight is 272 g/mol. The molecule has 1 aromatic rings. The van der Waals surface area contributed by atoms with Crippen molar-refractivity contribution >= 4 is 15.9 Å². The lowest BCUT2D eigenvalue weighted by atomic mass is 10.2. The van der Waals surface area contributed by atoms with Crippen LogP contribution in [0, 0.1) is 0 Å². The predicted octanol–water partition coefficient (Wildman–Crippen LogP) is -0.0291. The molecular formula is C11H16N2O4S. The highest BCUT2D eigenvalue weighted by molar-refractivity contribution is 7.89. The Labute approximate surface area is 106 Å². The summed E-state index contributed by atoms with van der Waals surface area (Å²) in [6, 6.07) is 5.70. The van der Waals surface area contributed by atoms with Crippen LogP contribution in [0.1, 0.15) is 10.4 Å². The molecular weight excluding hydrogens is 256 g/mol. The summed E-state index contributed by atoms with van der Waals surface area (Å²) in [5.74, 6) is -0.258. The van der Waals surface area contributed by atoms with E-state index in [0.29, 0.717) is 12.2 Å². The number of benzene rings is 1. The van der Waals surface area contributed by atoms with Gasteiger partial charge in [-0.1, -0.05) is 0 Å². The molecule has 2 N–H and O–H groups in total. The van der Waals surface area contributed by atoms with E-state index in [4.69, 9.17) is 4.74 Å². The monoisotopic (exact) mass is 272 g/mol. The summed E-state index contributed by atoms with van der Waals surface area (Å²) in [6.07, 6.45) is 0. The van der Waals surface area contributed by atoms with Gasteiger partial charge in [0.15, 0.2) is 0 Å². The van der Waals surface area contributed by atoms with Crippen molar-refractivity contribution in [2.24, 2.45) is 0 Å². The highest BCUT2D eigenvalue weighted by atomic mass is 32.2. The van der Waals surface area contributed by atoms with Gasteiger partial charge in [-0.25, -0.2) is 13.1 Å². The summed E-state index contributed by atoms with van der Waals surface area (Å²) in [6.45, 7) is 0.506. The zero-order chi connectivity index (χ0) is 13.6. The van der Waals surface area contributed by atoms with Crippen molar-refractivity contribution in [2.75, 3.05) is 27.3 Å². The van der Waals surface area contributed by atoms with E-state index in [1.54, 1.807) is 0 Å². The summed E-state index contributed by atoms with van der Waals surface area (Å²) >= 11 is 0. The molecule has 0 bridgehead atoms. The van der Waals surface area contributed by atoms with Crippen LogP contribution < -0.4 is 10.0 Å². The largest absolute Gasteiger partial charge is 0.383 e. The number of methoxy groups -OCH3 is 1. The lowest BCUT2D eigenvalue weighted by molar-refractivity contribution is 0.0963. The number of carbonyl (C=O) groups excluding carboxylic acids is 1. The van der Waals surface area contributed by atoms with Gasteiger partial charge in [-0.05, 0) is 24.3 Å². The molecule has 1 amide bonds. The van der Waals surface area contributed by atoms with E-state index in [-0.39, 0.29) is 17.3 Å². The number of sulfonamides is 1. The van der Waals surface area contributed by atoms with Crippen molar-refractivity contribution < 1.29 is 17.9 Å². The number of nitrogens with one attached hydrogen (secondary N) is 2. The first-order chi connectivity index (χ1) is 8.51. The molecule has 0 aliphatic heterocycles. The molecule has 0 spiro atoms.